The van der Waals surface area contributed by atoms with E-state index in [1.165, 1.54) is 12.1 Å². The van der Waals surface area contributed by atoms with Gasteiger partial charge in [-0.05, 0) is 36.4 Å². The average Bonchev–Trinajstić information content (AvgIpc) is 3.05. The van der Waals surface area contributed by atoms with E-state index in [9.17, 15) is 13.2 Å². The molecule has 0 atom stereocenters. The van der Waals surface area contributed by atoms with Crippen molar-refractivity contribution in [3.63, 3.8) is 0 Å². The van der Waals surface area contributed by atoms with Gasteiger partial charge in [-0.15, -0.1) is 4.95 Å². The highest BCUT2D eigenvalue weighted by Crippen LogP contribution is 2.37. The van der Waals surface area contributed by atoms with Crippen molar-refractivity contribution in [3.05, 3.63) is 95.1 Å². The van der Waals surface area contributed by atoms with Crippen molar-refractivity contribution in [1.29, 1.82) is 0 Å². The maximum Gasteiger partial charge on any atom is 0.416 e. The van der Waals surface area contributed by atoms with Crippen LogP contribution in [0.15, 0.2) is 71.8 Å². The first-order valence-corrected chi connectivity index (χ1v) is 9.15. The minimum Gasteiger partial charge on any atom is -0.457 e. The van der Waals surface area contributed by atoms with E-state index in [2.05, 4.69) is 15.0 Å². The Morgan fingerprint density at radius 1 is 0.806 bits per heavy atom. The third-order valence-corrected chi connectivity index (χ3v) is 4.86. The van der Waals surface area contributed by atoms with Crippen LogP contribution < -0.4 is 4.74 Å². The zero-order chi connectivity index (χ0) is 21.6. The Morgan fingerprint density at radius 2 is 1.48 bits per heavy atom. The lowest BCUT2D eigenvalue weighted by Crippen LogP contribution is -2.04. The van der Waals surface area contributed by atoms with E-state index >= 15 is 0 Å². The third-order valence-electron chi connectivity index (χ3n) is 4.86. The standard InChI is InChI=1S/C23H11F3N4O/c1-27-30-21-17-5-3-2-4-16(17)20-22(21)28-18-11-10-15(12-19(18)29-20)31-14-8-6-13(7-9-14)23(24,25)26/h2-12H. The van der Waals surface area contributed by atoms with Gasteiger partial charge >= 0.3 is 6.18 Å². The van der Waals surface area contributed by atoms with Crippen LogP contribution in [-0.2, 0) is 6.18 Å². The van der Waals surface area contributed by atoms with Crippen LogP contribution in [0.3, 0.4) is 0 Å². The summed E-state index contributed by atoms with van der Waals surface area (Å²) < 4.78 is 43.9. The Labute approximate surface area is 174 Å². The minimum atomic E-state index is -4.40. The molecule has 1 aliphatic rings. The van der Waals surface area contributed by atoms with E-state index in [0.717, 1.165) is 23.3 Å². The molecule has 0 N–H and O–H groups in total. The molecule has 0 amide bonds. The van der Waals surface area contributed by atoms with Gasteiger partial charge in [-0.3, -0.25) is 0 Å². The van der Waals surface area contributed by atoms with Gasteiger partial charge in [-0.2, -0.15) is 19.7 Å². The summed E-state index contributed by atoms with van der Waals surface area (Å²) >= 11 is 0. The maximum absolute atomic E-state index is 12.7. The van der Waals surface area contributed by atoms with Crippen LogP contribution in [0.1, 0.15) is 16.8 Å². The summed E-state index contributed by atoms with van der Waals surface area (Å²) in [6.07, 6.45) is -4.40. The van der Waals surface area contributed by atoms with E-state index < -0.39 is 11.7 Å². The quantitative estimate of drug-likeness (QED) is 0.258. The zero-order valence-corrected chi connectivity index (χ0v) is 15.7. The van der Waals surface area contributed by atoms with Crippen LogP contribution in [0.2, 0.25) is 0 Å². The topological polar surface area (TPSA) is 51.7 Å². The molecule has 0 spiro atoms. The van der Waals surface area contributed by atoms with Gasteiger partial charge in [0.05, 0.1) is 27.4 Å². The van der Waals surface area contributed by atoms with Gasteiger partial charge in [0.25, 0.3) is 0 Å². The number of rotatable bonds is 2. The van der Waals surface area contributed by atoms with Crippen molar-refractivity contribution >= 4 is 16.7 Å². The molecule has 150 valence electrons. The summed E-state index contributed by atoms with van der Waals surface area (Å²) in [7, 11) is 0. The van der Waals surface area contributed by atoms with Crippen molar-refractivity contribution in [3.8, 4) is 22.8 Å². The van der Waals surface area contributed by atoms with Gasteiger partial charge in [-0.1, -0.05) is 24.3 Å². The number of fused-ring (bicyclic) bond motifs is 4. The Hall–Kier alpha value is -4.25. The summed E-state index contributed by atoms with van der Waals surface area (Å²) in [6.45, 7) is 7.11. The molecule has 0 saturated carbocycles. The predicted octanol–water partition coefficient (Wildman–Crippen LogP) is 6.09. The number of hydrogen-bond acceptors (Lipinski definition) is 4. The Bertz CT molecular complexity index is 1400. The first kappa shape index (κ1) is 18.8. The fourth-order valence-corrected chi connectivity index (χ4v) is 3.47. The number of ether oxygens (including phenoxy) is 1. The van der Waals surface area contributed by atoms with Gasteiger partial charge in [0, 0.05) is 17.2 Å². The van der Waals surface area contributed by atoms with Gasteiger partial charge in [-0.25, -0.2) is 9.97 Å². The van der Waals surface area contributed by atoms with Crippen LogP contribution in [0.4, 0.5) is 13.2 Å². The Morgan fingerprint density at radius 3 is 2.19 bits per heavy atom. The number of alkyl halides is 3. The summed E-state index contributed by atoms with van der Waals surface area (Å²) in [5, 5.41) is 3.91. The summed E-state index contributed by atoms with van der Waals surface area (Å²) in [5.74, 6) is 0.695. The molecular formula is C23H11F3N4O. The molecule has 8 heteroatoms. The van der Waals surface area contributed by atoms with Crippen molar-refractivity contribution in [2.24, 2.45) is 5.10 Å². The molecule has 5 nitrogen and oxygen atoms in total. The van der Waals surface area contributed by atoms with Crippen LogP contribution in [-0.4, -0.2) is 15.7 Å². The van der Waals surface area contributed by atoms with E-state index in [1.807, 2.05) is 24.3 Å². The fourth-order valence-electron chi connectivity index (χ4n) is 3.47. The van der Waals surface area contributed by atoms with Crippen LogP contribution in [0.5, 0.6) is 11.5 Å². The zero-order valence-electron chi connectivity index (χ0n) is 15.7. The Kier molecular flexibility index (Phi) is 4.19. The van der Waals surface area contributed by atoms with E-state index in [-0.39, 0.29) is 5.75 Å². The molecule has 0 fully saturated rings. The molecule has 0 saturated heterocycles. The first-order valence-electron chi connectivity index (χ1n) is 9.15. The molecule has 1 heterocycles. The first-order chi connectivity index (χ1) is 14.9. The monoisotopic (exact) mass is 416 g/mol. The number of hydrogen-bond donors (Lipinski definition) is 0. The van der Waals surface area contributed by atoms with Gasteiger partial charge in [0.1, 0.15) is 17.2 Å². The van der Waals surface area contributed by atoms with Crippen molar-refractivity contribution in [1.82, 2.24) is 9.97 Å². The number of benzene rings is 3. The second-order valence-electron chi connectivity index (χ2n) is 6.79. The molecule has 1 aromatic heterocycles. The summed E-state index contributed by atoms with van der Waals surface area (Å²) in [4.78, 5) is 12.5. The lowest BCUT2D eigenvalue weighted by molar-refractivity contribution is -0.137. The number of halogens is 3. The molecule has 0 radical (unpaired) electrons. The predicted molar refractivity (Wildman–Crippen MR) is 109 cm³/mol. The van der Waals surface area contributed by atoms with Crippen LogP contribution in [0, 0.1) is 6.57 Å². The maximum atomic E-state index is 12.7. The highest BCUT2D eigenvalue weighted by Gasteiger charge is 2.31. The molecule has 1 aliphatic carbocycles. The summed E-state index contributed by atoms with van der Waals surface area (Å²) in [6, 6.07) is 17.0. The smallest absolute Gasteiger partial charge is 0.416 e. The van der Waals surface area contributed by atoms with Gasteiger partial charge < -0.3 is 4.74 Å². The molecule has 31 heavy (non-hydrogen) atoms. The molecule has 5 rings (SSSR count). The third kappa shape index (κ3) is 3.26. The van der Waals surface area contributed by atoms with Crippen LogP contribution >= 0.6 is 0 Å². The largest absolute Gasteiger partial charge is 0.457 e. The van der Waals surface area contributed by atoms with E-state index in [1.54, 1.807) is 18.2 Å². The van der Waals surface area contributed by atoms with Crippen LogP contribution in [0.25, 0.3) is 27.2 Å². The lowest BCUT2D eigenvalue weighted by atomic mass is 10.1. The van der Waals surface area contributed by atoms with Crippen molar-refractivity contribution in [2.45, 2.75) is 6.18 Å². The van der Waals surface area contributed by atoms with E-state index in [4.69, 9.17) is 16.3 Å². The van der Waals surface area contributed by atoms with Crippen molar-refractivity contribution in [2.75, 3.05) is 0 Å². The second kappa shape index (κ2) is 6.92. The highest BCUT2D eigenvalue weighted by atomic mass is 19.4. The van der Waals surface area contributed by atoms with E-state index in [0.29, 0.717) is 33.9 Å². The normalized spacial score (nSPS) is 13.7. The second-order valence-corrected chi connectivity index (χ2v) is 6.79. The van der Waals surface area contributed by atoms with Crippen molar-refractivity contribution < 1.29 is 17.9 Å². The SMILES string of the molecule is [C-]#[N+]N=C1c2ccccc2-c2nc3cc(Oc4ccc(C(F)(F)F)cc4)ccc3nc21. The highest BCUT2D eigenvalue weighted by molar-refractivity contribution is 6.23. The number of nitrogens with zero attached hydrogens (tertiary/aromatic N) is 4. The fraction of sp³-hybridized carbons (Fsp3) is 0.0435. The number of aromatic nitrogens is 2. The minimum absolute atomic E-state index is 0.276. The van der Waals surface area contributed by atoms with Gasteiger partial charge in [0.2, 0.25) is 0 Å². The molecule has 0 aliphatic heterocycles. The molecular weight excluding hydrogens is 405 g/mol. The molecule has 3 aromatic carbocycles. The lowest BCUT2D eigenvalue weighted by Gasteiger charge is -2.10. The Balaban J connectivity index is 1.54. The molecule has 0 bridgehead atoms. The average molecular weight is 416 g/mol. The van der Waals surface area contributed by atoms with Gasteiger partial charge in [0.15, 0.2) is 5.71 Å². The molecule has 0 unspecified atom stereocenters. The molecule has 4 aromatic rings. The summed E-state index contributed by atoms with van der Waals surface area (Å²) in [5.41, 5.74) is 3.69.